The molecule has 0 atom stereocenters. The van der Waals surface area contributed by atoms with Gasteiger partial charge in [0.2, 0.25) is 0 Å². The van der Waals surface area contributed by atoms with Crippen molar-refractivity contribution in [2.45, 2.75) is 6.18 Å². The van der Waals surface area contributed by atoms with Gasteiger partial charge in [0.1, 0.15) is 5.82 Å². The van der Waals surface area contributed by atoms with Crippen LogP contribution in [0.25, 0.3) is 11.1 Å². The van der Waals surface area contributed by atoms with Gasteiger partial charge in [0, 0.05) is 5.56 Å². The Morgan fingerprint density at radius 3 is 2.19 bits per heavy atom. The van der Waals surface area contributed by atoms with Crippen LogP contribution in [0.4, 0.5) is 17.6 Å². The third-order valence-corrected chi connectivity index (χ3v) is 2.92. The Balaban J connectivity index is 2.54. The molecule has 0 spiro atoms. The zero-order chi connectivity index (χ0) is 15.6. The van der Waals surface area contributed by atoms with Crippen LogP contribution in [0.2, 0.25) is 0 Å². The number of esters is 1. The molecule has 0 aliphatic carbocycles. The van der Waals surface area contributed by atoms with Crippen LogP contribution in [-0.4, -0.2) is 13.1 Å². The molecule has 0 saturated heterocycles. The van der Waals surface area contributed by atoms with E-state index in [9.17, 15) is 22.4 Å². The first-order chi connectivity index (χ1) is 9.84. The minimum absolute atomic E-state index is 0.0442. The predicted molar refractivity (Wildman–Crippen MR) is 68.2 cm³/mol. The summed E-state index contributed by atoms with van der Waals surface area (Å²) in [5.74, 6) is -1.47. The van der Waals surface area contributed by atoms with Gasteiger partial charge in [0.05, 0.1) is 18.2 Å². The van der Waals surface area contributed by atoms with E-state index in [1.165, 1.54) is 12.1 Å². The zero-order valence-corrected chi connectivity index (χ0v) is 10.9. The first-order valence-electron chi connectivity index (χ1n) is 5.89. The van der Waals surface area contributed by atoms with Crippen LogP contribution in [0.3, 0.4) is 0 Å². The van der Waals surface area contributed by atoms with E-state index >= 15 is 0 Å². The molecule has 110 valence electrons. The molecule has 2 aromatic rings. The van der Waals surface area contributed by atoms with E-state index in [4.69, 9.17) is 0 Å². The van der Waals surface area contributed by atoms with Crippen molar-refractivity contribution in [3.05, 3.63) is 59.4 Å². The maximum Gasteiger partial charge on any atom is 0.416 e. The van der Waals surface area contributed by atoms with E-state index in [1.807, 2.05) is 0 Å². The number of benzene rings is 2. The molecule has 0 radical (unpaired) electrons. The predicted octanol–water partition coefficient (Wildman–Crippen LogP) is 4.30. The largest absolute Gasteiger partial charge is 0.465 e. The van der Waals surface area contributed by atoms with E-state index in [-0.39, 0.29) is 16.7 Å². The molecule has 0 aromatic heterocycles. The molecule has 0 aliphatic heterocycles. The molecule has 21 heavy (non-hydrogen) atoms. The summed E-state index contributed by atoms with van der Waals surface area (Å²) in [5.41, 5.74) is -0.806. The number of ether oxygens (including phenoxy) is 1. The normalized spacial score (nSPS) is 11.3. The molecule has 0 bridgehead atoms. The van der Waals surface area contributed by atoms with Crippen LogP contribution in [0.5, 0.6) is 0 Å². The molecule has 6 heteroatoms. The number of rotatable bonds is 2. The van der Waals surface area contributed by atoms with Gasteiger partial charge in [-0.3, -0.25) is 0 Å². The summed E-state index contributed by atoms with van der Waals surface area (Å²) in [6.45, 7) is 0. The lowest BCUT2D eigenvalue weighted by Crippen LogP contribution is -2.06. The van der Waals surface area contributed by atoms with Crippen LogP contribution in [0, 0.1) is 5.82 Å². The van der Waals surface area contributed by atoms with Crippen LogP contribution in [0.15, 0.2) is 42.5 Å². The number of hydrogen-bond acceptors (Lipinski definition) is 2. The lowest BCUT2D eigenvalue weighted by molar-refractivity contribution is -0.137. The van der Waals surface area contributed by atoms with Crippen molar-refractivity contribution < 1.29 is 27.1 Å². The Bertz CT molecular complexity index is 660. The van der Waals surface area contributed by atoms with Crippen LogP contribution < -0.4 is 0 Å². The highest BCUT2D eigenvalue weighted by Gasteiger charge is 2.30. The number of carbonyl (C=O) groups is 1. The Kier molecular flexibility index (Phi) is 3.97. The van der Waals surface area contributed by atoms with Gasteiger partial charge in [-0.15, -0.1) is 0 Å². The second-order valence-corrected chi connectivity index (χ2v) is 4.23. The topological polar surface area (TPSA) is 26.3 Å². The Labute approximate surface area is 118 Å². The quantitative estimate of drug-likeness (QED) is 0.610. The van der Waals surface area contributed by atoms with Crippen molar-refractivity contribution in [2.75, 3.05) is 7.11 Å². The average molecular weight is 298 g/mol. The molecule has 0 heterocycles. The second kappa shape index (κ2) is 5.55. The molecule has 2 rings (SSSR count). The smallest absolute Gasteiger partial charge is 0.416 e. The van der Waals surface area contributed by atoms with Crippen LogP contribution in [-0.2, 0) is 10.9 Å². The third-order valence-electron chi connectivity index (χ3n) is 2.92. The maximum absolute atomic E-state index is 13.9. The summed E-state index contributed by atoms with van der Waals surface area (Å²) in [7, 11) is 1.14. The lowest BCUT2D eigenvalue weighted by Gasteiger charge is -2.11. The van der Waals surface area contributed by atoms with Gasteiger partial charge in [-0.25, -0.2) is 9.18 Å². The molecule has 0 aliphatic rings. The van der Waals surface area contributed by atoms with E-state index in [1.54, 1.807) is 0 Å². The number of halogens is 4. The maximum atomic E-state index is 13.9. The van der Waals surface area contributed by atoms with Crippen molar-refractivity contribution in [2.24, 2.45) is 0 Å². The minimum Gasteiger partial charge on any atom is -0.465 e. The summed E-state index contributed by atoms with van der Waals surface area (Å²) < 4.78 is 56.0. The standard InChI is InChI=1S/C15H10F4O2/c1-21-14(20)11-3-2-4-12(16)13(11)9-5-7-10(8-6-9)15(17,18)19/h2-8H,1H3. The van der Waals surface area contributed by atoms with Crippen molar-refractivity contribution in [1.29, 1.82) is 0 Å². The van der Waals surface area contributed by atoms with Gasteiger partial charge in [0.15, 0.2) is 0 Å². The zero-order valence-electron chi connectivity index (χ0n) is 10.9. The molecule has 0 unspecified atom stereocenters. The average Bonchev–Trinajstić information content (AvgIpc) is 2.45. The van der Waals surface area contributed by atoms with Crippen molar-refractivity contribution in [3.8, 4) is 11.1 Å². The summed E-state index contributed by atoms with van der Waals surface area (Å²) in [4.78, 5) is 11.6. The summed E-state index contributed by atoms with van der Waals surface area (Å²) in [5, 5.41) is 0. The Hall–Kier alpha value is -2.37. The number of methoxy groups -OCH3 is 1. The molecule has 0 amide bonds. The lowest BCUT2D eigenvalue weighted by atomic mass is 9.98. The fourth-order valence-corrected chi connectivity index (χ4v) is 1.92. The van der Waals surface area contributed by atoms with Crippen molar-refractivity contribution in [1.82, 2.24) is 0 Å². The fourth-order valence-electron chi connectivity index (χ4n) is 1.92. The SMILES string of the molecule is COC(=O)c1cccc(F)c1-c1ccc(C(F)(F)F)cc1. The Morgan fingerprint density at radius 1 is 1.05 bits per heavy atom. The molecular formula is C15H10F4O2. The fraction of sp³-hybridized carbons (Fsp3) is 0.133. The Morgan fingerprint density at radius 2 is 1.67 bits per heavy atom. The minimum atomic E-state index is -4.47. The molecule has 0 N–H and O–H groups in total. The third kappa shape index (κ3) is 3.04. The highest BCUT2D eigenvalue weighted by atomic mass is 19.4. The first kappa shape index (κ1) is 15.0. The molecule has 0 saturated carbocycles. The molecule has 2 aromatic carbocycles. The van der Waals surface area contributed by atoms with Gasteiger partial charge in [-0.1, -0.05) is 18.2 Å². The number of carbonyl (C=O) groups excluding carboxylic acids is 1. The van der Waals surface area contributed by atoms with E-state index < -0.39 is 23.5 Å². The number of hydrogen-bond donors (Lipinski definition) is 0. The molecule has 0 fully saturated rings. The van der Waals surface area contributed by atoms with Gasteiger partial charge < -0.3 is 4.74 Å². The number of alkyl halides is 3. The van der Waals surface area contributed by atoms with E-state index in [2.05, 4.69) is 4.74 Å². The summed E-state index contributed by atoms with van der Waals surface area (Å²) in [6, 6.07) is 7.71. The van der Waals surface area contributed by atoms with E-state index in [0.29, 0.717) is 0 Å². The highest BCUT2D eigenvalue weighted by Crippen LogP contribution is 2.33. The van der Waals surface area contributed by atoms with Crippen molar-refractivity contribution >= 4 is 5.97 Å². The first-order valence-corrected chi connectivity index (χ1v) is 5.89. The summed E-state index contributed by atoms with van der Waals surface area (Å²) >= 11 is 0. The van der Waals surface area contributed by atoms with Gasteiger partial charge >= 0.3 is 12.1 Å². The molecule has 2 nitrogen and oxygen atoms in total. The van der Waals surface area contributed by atoms with Gasteiger partial charge in [-0.05, 0) is 29.8 Å². The second-order valence-electron chi connectivity index (χ2n) is 4.23. The van der Waals surface area contributed by atoms with Crippen molar-refractivity contribution in [3.63, 3.8) is 0 Å². The summed E-state index contributed by atoms with van der Waals surface area (Å²) in [6.07, 6.45) is -4.47. The molecular weight excluding hydrogens is 288 g/mol. The highest BCUT2D eigenvalue weighted by molar-refractivity contribution is 5.97. The van der Waals surface area contributed by atoms with Crippen LogP contribution in [0.1, 0.15) is 15.9 Å². The van der Waals surface area contributed by atoms with Gasteiger partial charge in [-0.2, -0.15) is 13.2 Å². The van der Waals surface area contributed by atoms with Gasteiger partial charge in [0.25, 0.3) is 0 Å². The monoisotopic (exact) mass is 298 g/mol. The van der Waals surface area contributed by atoms with E-state index in [0.717, 1.165) is 37.4 Å². The van der Waals surface area contributed by atoms with Crippen LogP contribution >= 0.6 is 0 Å².